The number of likely N-dealkylation sites (N-methyl/N-ethyl adjacent to an activating group) is 1. The highest BCUT2D eigenvalue weighted by Gasteiger charge is 2.20. The third-order valence-electron chi connectivity index (χ3n) is 4.37. The van der Waals surface area contributed by atoms with Crippen molar-refractivity contribution in [2.24, 2.45) is 0 Å². The van der Waals surface area contributed by atoms with Gasteiger partial charge in [-0.05, 0) is 52.0 Å². The van der Waals surface area contributed by atoms with Gasteiger partial charge in [-0.1, -0.05) is 17.7 Å². The van der Waals surface area contributed by atoms with Gasteiger partial charge in [0.2, 0.25) is 11.8 Å². The number of hydrogen-bond acceptors (Lipinski definition) is 4. The normalized spacial score (nSPS) is 11.1. The molecule has 0 atom stereocenters. The summed E-state index contributed by atoms with van der Waals surface area (Å²) in [5.74, 6) is 1.36. The molecule has 6 nitrogen and oxygen atoms in total. The van der Waals surface area contributed by atoms with E-state index in [1.165, 1.54) is 4.90 Å². The fraction of sp³-hybridized carbons (Fsp3) is 0.429. The van der Waals surface area contributed by atoms with Gasteiger partial charge < -0.3 is 14.6 Å². The molecule has 0 spiro atoms. The highest BCUT2D eigenvalue weighted by Crippen LogP contribution is 2.12. The van der Waals surface area contributed by atoms with Gasteiger partial charge in [0, 0.05) is 18.8 Å². The topological polar surface area (TPSA) is 65.8 Å². The molecule has 0 aliphatic rings. The molecular formula is C21H29N3O3. The minimum atomic E-state index is -0.215. The zero-order chi connectivity index (χ0) is 20.0. The Kier molecular flexibility index (Phi) is 7.19. The van der Waals surface area contributed by atoms with E-state index >= 15 is 0 Å². The number of nitrogens with one attached hydrogen (secondary N) is 1. The summed E-state index contributed by atoms with van der Waals surface area (Å²) in [6, 6.07) is 11.6. The van der Waals surface area contributed by atoms with Gasteiger partial charge in [-0.25, -0.2) is 0 Å². The van der Waals surface area contributed by atoms with E-state index in [2.05, 4.69) is 5.32 Å². The summed E-state index contributed by atoms with van der Waals surface area (Å²) < 4.78 is 5.61. The lowest BCUT2D eigenvalue weighted by Gasteiger charge is -2.27. The summed E-state index contributed by atoms with van der Waals surface area (Å²) in [5, 5.41) is 2.81. The van der Waals surface area contributed by atoms with Crippen LogP contribution < -0.4 is 5.32 Å². The molecule has 2 amide bonds. The first-order valence-corrected chi connectivity index (χ1v) is 9.14. The lowest BCUT2D eigenvalue weighted by Crippen LogP contribution is -2.43. The third-order valence-corrected chi connectivity index (χ3v) is 4.37. The molecule has 0 bridgehead atoms. The number of carbonyl (C=O) groups is 2. The molecule has 0 saturated heterocycles. The Morgan fingerprint density at radius 2 is 1.70 bits per heavy atom. The number of furan rings is 1. The van der Waals surface area contributed by atoms with E-state index in [9.17, 15) is 9.59 Å². The van der Waals surface area contributed by atoms with E-state index in [0.29, 0.717) is 6.54 Å². The first kappa shape index (κ1) is 20.7. The van der Waals surface area contributed by atoms with Crippen LogP contribution in [-0.4, -0.2) is 47.8 Å². The first-order valence-electron chi connectivity index (χ1n) is 9.14. The standard InChI is InChI=1S/C21H29N3O3/c1-15(2)24(12-19-11-8-17(4)27-19)14-21(26)23(5)13-20(25)22-18-9-6-16(3)7-10-18/h6-11,15H,12-14H2,1-5H3,(H,22,25). The Morgan fingerprint density at radius 1 is 1.04 bits per heavy atom. The van der Waals surface area contributed by atoms with Gasteiger partial charge in [0.1, 0.15) is 11.5 Å². The maximum Gasteiger partial charge on any atom is 0.243 e. The van der Waals surface area contributed by atoms with Gasteiger partial charge in [-0.2, -0.15) is 0 Å². The van der Waals surface area contributed by atoms with Crippen LogP contribution in [0.5, 0.6) is 0 Å². The Balaban J connectivity index is 1.88. The molecule has 1 aromatic heterocycles. The SMILES string of the molecule is Cc1ccc(NC(=O)CN(C)C(=O)CN(Cc2ccc(C)o2)C(C)C)cc1. The second-order valence-corrected chi connectivity index (χ2v) is 7.18. The van der Waals surface area contributed by atoms with Crippen LogP contribution in [0.15, 0.2) is 40.8 Å². The van der Waals surface area contributed by atoms with Crippen LogP contribution in [-0.2, 0) is 16.1 Å². The van der Waals surface area contributed by atoms with E-state index in [0.717, 1.165) is 22.8 Å². The summed E-state index contributed by atoms with van der Waals surface area (Å²) in [6.07, 6.45) is 0. The molecule has 1 heterocycles. The van der Waals surface area contributed by atoms with Crippen LogP contribution in [0.4, 0.5) is 5.69 Å². The maximum atomic E-state index is 12.6. The average molecular weight is 371 g/mol. The second kappa shape index (κ2) is 9.37. The minimum Gasteiger partial charge on any atom is -0.465 e. The number of rotatable bonds is 8. The number of nitrogens with zero attached hydrogens (tertiary/aromatic N) is 2. The zero-order valence-electron chi connectivity index (χ0n) is 16.8. The fourth-order valence-corrected chi connectivity index (χ4v) is 2.63. The highest BCUT2D eigenvalue weighted by atomic mass is 16.3. The quantitative estimate of drug-likeness (QED) is 0.774. The molecule has 0 fully saturated rings. The van der Waals surface area contributed by atoms with Crippen LogP contribution in [0, 0.1) is 13.8 Å². The smallest absolute Gasteiger partial charge is 0.243 e. The molecule has 0 aliphatic carbocycles. The lowest BCUT2D eigenvalue weighted by atomic mass is 10.2. The van der Waals surface area contributed by atoms with Crippen molar-refractivity contribution in [3.63, 3.8) is 0 Å². The van der Waals surface area contributed by atoms with E-state index in [1.807, 2.05) is 69.0 Å². The average Bonchev–Trinajstić information content (AvgIpc) is 3.01. The van der Waals surface area contributed by atoms with Crippen molar-refractivity contribution in [3.8, 4) is 0 Å². The Labute approximate surface area is 161 Å². The molecule has 0 unspecified atom stereocenters. The van der Waals surface area contributed by atoms with E-state index in [4.69, 9.17) is 4.42 Å². The van der Waals surface area contributed by atoms with Crippen molar-refractivity contribution in [3.05, 3.63) is 53.5 Å². The van der Waals surface area contributed by atoms with Crippen LogP contribution in [0.1, 0.15) is 30.9 Å². The first-order chi connectivity index (χ1) is 12.7. The second-order valence-electron chi connectivity index (χ2n) is 7.18. The molecule has 1 N–H and O–H groups in total. The number of carbonyl (C=O) groups excluding carboxylic acids is 2. The number of hydrogen-bond donors (Lipinski definition) is 1. The lowest BCUT2D eigenvalue weighted by molar-refractivity contribution is -0.134. The van der Waals surface area contributed by atoms with Crippen LogP contribution in [0.2, 0.25) is 0 Å². The molecule has 146 valence electrons. The van der Waals surface area contributed by atoms with Gasteiger partial charge in [0.15, 0.2) is 0 Å². The van der Waals surface area contributed by atoms with Crippen molar-refractivity contribution < 1.29 is 14.0 Å². The van der Waals surface area contributed by atoms with E-state index in [1.54, 1.807) is 7.05 Å². The molecule has 27 heavy (non-hydrogen) atoms. The monoisotopic (exact) mass is 371 g/mol. The minimum absolute atomic E-state index is 0.0124. The molecular weight excluding hydrogens is 342 g/mol. The number of benzene rings is 1. The molecule has 1 aromatic carbocycles. The molecule has 0 aliphatic heterocycles. The van der Waals surface area contributed by atoms with Crippen LogP contribution in [0.3, 0.4) is 0 Å². The van der Waals surface area contributed by atoms with Gasteiger partial charge >= 0.3 is 0 Å². The van der Waals surface area contributed by atoms with Crippen LogP contribution in [0.25, 0.3) is 0 Å². The molecule has 6 heteroatoms. The summed E-state index contributed by atoms with van der Waals surface area (Å²) in [4.78, 5) is 28.2. The fourth-order valence-electron chi connectivity index (χ4n) is 2.63. The summed E-state index contributed by atoms with van der Waals surface area (Å²) in [7, 11) is 1.65. The molecule has 0 saturated carbocycles. The zero-order valence-corrected chi connectivity index (χ0v) is 16.8. The highest BCUT2D eigenvalue weighted by molar-refractivity contribution is 5.94. The molecule has 2 aromatic rings. The Hall–Kier alpha value is -2.60. The van der Waals surface area contributed by atoms with Gasteiger partial charge in [0.25, 0.3) is 0 Å². The van der Waals surface area contributed by atoms with Gasteiger partial charge in [-0.3, -0.25) is 14.5 Å². The van der Waals surface area contributed by atoms with Crippen molar-refractivity contribution in [2.45, 2.75) is 40.3 Å². The van der Waals surface area contributed by atoms with E-state index < -0.39 is 0 Å². The summed E-state index contributed by atoms with van der Waals surface area (Å²) in [5.41, 5.74) is 1.85. The summed E-state index contributed by atoms with van der Waals surface area (Å²) in [6.45, 7) is 8.75. The van der Waals surface area contributed by atoms with Crippen LogP contribution >= 0.6 is 0 Å². The van der Waals surface area contributed by atoms with Crippen molar-refractivity contribution >= 4 is 17.5 Å². The largest absolute Gasteiger partial charge is 0.465 e. The summed E-state index contributed by atoms with van der Waals surface area (Å²) >= 11 is 0. The predicted molar refractivity (Wildman–Crippen MR) is 106 cm³/mol. The number of anilines is 1. The third kappa shape index (κ3) is 6.57. The number of aryl methyl sites for hydroxylation is 2. The Bertz CT molecular complexity index is 765. The molecule has 0 radical (unpaired) electrons. The van der Waals surface area contributed by atoms with Crippen molar-refractivity contribution in [1.29, 1.82) is 0 Å². The maximum absolute atomic E-state index is 12.6. The van der Waals surface area contributed by atoms with E-state index in [-0.39, 0.29) is 30.9 Å². The molecule has 2 rings (SSSR count). The van der Waals surface area contributed by atoms with Crippen molar-refractivity contribution in [2.75, 3.05) is 25.5 Å². The van der Waals surface area contributed by atoms with Gasteiger partial charge in [0.05, 0.1) is 19.6 Å². The predicted octanol–water partition coefficient (Wildman–Crippen LogP) is 3.20. The van der Waals surface area contributed by atoms with Gasteiger partial charge in [-0.15, -0.1) is 0 Å². The number of amides is 2. The van der Waals surface area contributed by atoms with Crippen molar-refractivity contribution in [1.82, 2.24) is 9.80 Å². The Morgan fingerprint density at radius 3 is 2.26 bits per heavy atom.